The summed E-state index contributed by atoms with van der Waals surface area (Å²) in [6.07, 6.45) is 9.88. The third-order valence-electron chi connectivity index (χ3n) is 5.76. The SMILES string of the molecule is Fc1ccc(N2CCN(CCCc3c[nH]c4c3CCCC4)CC2)cc1. The molecule has 3 nitrogen and oxygen atoms in total. The molecule has 4 heteroatoms. The largest absolute Gasteiger partial charge is 0.369 e. The standard InChI is InChI=1S/C21H28FN3/c22-18-7-9-19(10-8-18)25-14-12-24(13-15-25)11-3-4-17-16-23-21-6-2-1-5-20(17)21/h7-10,16,23H,1-6,11-15H2. The molecule has 0 amide bonds. The molecular weight excluding hydrogens is 313 g/mol. The predicted molar refractivity (Wildman–Crippen MR) is 101 cm³/mol. The van der Waals surface area contributed by atoms with Gasteiger partial charge in [0.25, 0.3) is 0 Å². The average Bonchev–Trinajstić information content (AvgIpc) is 3.06. The number of rotatable bonds is 5. The van der Waals surface area contributed by atoms with Gasteiger partial charge in [0.1, 0.15) is 5.82 Å². The molecular formula is C21H28FN3. The Morgan fingerprint density at radius 2 is 1.72 bits per heavy atom. The van der Waals surface area contributed by atoms with Gasteiger partial charge in [0, 0.05) is 43.8 Å². The molecule has 1 N–H and O–H groups in total. The monoisotopic (exact) mass is 341 g/mol. The maximum atomic E-state index is 13.0. The molecule has 1 saturated heterocycles. The number of hydrogen-bond acceptors (Lipinski definition) is 2. The number of nitrogens with one attached hydrogen (secondary N) is 1. The van der Waals surface area contributed by atoms with E-state index in [2.05, 4.69) is 21.0 Å². The minimum Gasteiger partial charge on any atom is -0.369 e. The van der Waals surface area contributed by atoms with E-state index < -0.39 is 0 Å². The van der Waals surface area contributed by atoms with Gasteiger partial charge in [-0.15, -0.1) is 0 Å². The molecule has 1 aliphatic carbocycles. The van der Waals surface area contributed by atoms with Crippen molar-refractivity contribution in [1.82, 2.24) is 9.88 Å². The van der Waals surface area contributed by atoms with E-state index in [0.29, 0.717) is 0 Å². The van der Waals surface area contributed by atoms with Crippen molar-refractivity contribution >= 4 is 5.69 Å². The fraction of sp³-hybridized carbons (Fsp3) is 0.524. The molecule has 25 heavy (non-hydrogen) atoms. The molecule has 2 aromatic rings. The van der Waals surface area contributed by atoms with Crippen LogP contribution in [0.25, 0.3) is 0 Å². The van der Waals surface area contributed by atoms with Crippen LogP contribution < -0.4 is 4.90 Å². The first-order chi connectivity index (χ1) is 12.3. The lowest BCUT2D eigenvalue weighted by molar-refractivity contribution is 0.255. The molecule has 0 unspecified atom stereocenters. The highest BCUT2D eigenvalue weighted by atomic mass is 19.1. The van der Waals surface area contributed by atoms with Gasteiger partial charge in [0.15, 0.2) is 0 Å². The third kappa shape index (κ3) is 3.90. The zero-order valence-corrected chi connectivity index (χ0v) is 14.9. The Hall–Kier alpha value is -1.81. The number of piperazine rings is 1. The van der Waals surface area contributed by atoms with E-state index in [1.165, 1.54) is 50.8 Å². The van der Waals surface area contributed by atoms with Gasteiger partial charge in [-0.3, -0.25) is 4.90 Å². The second kappa shape index (κ2) is 7.61. The van der Waals surface area contributed by atoms with Crippen molar-refractivity contribution in [2.24, 2.45) is 0 Å². The first kappa shape index (κ1) is 16.6. The van der Waals surface area contributed by atoms with E-state index in [1.54, 1.807) is 23.3 Å². The summed E-state index contributed by atoms with van der Waals surface area (Å²) in [6, 6.07) is 6.89. The highest BCUT2D eigenvalue weighted by molar-refractivity contribution is 5.46. The van der Waals surface area contributed by atoms with Crippen molar-refractivity contribution in [3.63, 3.8) is 0 Å². The number of nitrogens with zero attached hydrogens (tertiary/aromatic N) is 2. The molecule has 0 spiro atoms. The quantitative estimate of drug-likeness (QED) is 0.894. The van der Waals surface area contributed by atoms with E-state index in [9.17, 15) is 4.39 Å². The Balaban J connectivity index is 1.23. The number of H-pyrrole nitrogens is 1. The Kier molecular flexibility index (Phi) is 5.07. The fourth-order valence-corrected chi connectivity index (χ4v) is 4.28. The Bertz CT molecular complexity index is 684. The van der Waals surface area contributed by atoms with E-state index in [4.69, 9.17) is 0 Å². The van der Waals surface area contributed by atoms with Gasteiger partial charge in [-0.05, 0) is 80.5 Å². The fourth-order valence-electron chi connectivity index (χ4n) is 4.28. The van der Waals surface area contributed by atoms with Gasteiger partial charge in [0.05, 0.1) is 0 Å². The number of halogens is 1. The van der Waals surface area contributed by atoms with Gasteiger partial charge in [0.2, 0.25) is 0 Å². The molecule has 1 aromatic carbocycles. The summed E-state index contributed by atoms with van der Waals surface area (Å²) < 4.78 is 13.0. The van der Waals surface area contributed by atoms with E-state index in [-0.39, 0.29) is 5.82 Å². The number of fused-ring (bicyclic) bond motifs is 1. The predicted octanol–water partition coefficient (Wildman–Crippen LogP) is 3.79. The van der Waals surface area contributed by atoms with Crippen molar-refractivity contribution in [2.75, 3.05) is 37.6 Å². The molecule has 0 atom stereocenters. The van der Waals surface area contributed by atoms with Crippen LogP contribution >= 0.6 is 0 Å². The molecule has 0 bridgehead atoms. The van der Waals surface area contributed by atoms with Crippen LogP contribution in [-0.2, 0) is 19.3 Å². The summed E-state index contributed by atoms with van der Waals surface area (Å²) in [5, 5.41) is 0. The summed E-state index contributed by atoms with van der Waals surface area (Å²) in [4.78, 5) is 8.42. The second-order valence-electron chi connectivity index (χ2n) is 7.39. The van der Waals surface area contributed by atoms with Crippen LogP contribution in [0.2, 0.25) is 0 Å². The first-order valence-corrected chi connectivity index (χ1v) is 9.70. The van der Waals surface area contributed by atoms with Gasteiger partial charge < -0.3 is 9.88 Å². The third-order valence-corrected chi connectivity index (χ3v) is 5.76. The highest BCUT2D eigenvalue weighted by Gasteiger charge is 2.18. The van der Waals surface area contributed by atoms with Crippen LogP contribution in [0.3, 0.4) is 0 Å². The first-order valence-electron chi connectivity index (χ1n) is 9.70. The molecule has 4 rings (SSSR count). The van der Waals surface area contributed by atoms with Gasteiger partial charge in [-0.25, -0.2) is 4.39 Å². The number of aryl methyl sites for hydroxylation is 2. The van der Waals surface area contributed by atoms with Crippen LogP contribution in [0.4, 0.5) is 10.1 Å². The maximum Gasteiger partial charge on any atom is 0.123 e. The summed E-state index contributed by atoms with van der Waals surface area (Å²) in [7, 11) is 0. The Morgan fingerprint density at radius 3 is 2.52 bits per heavy atom. The number of hydrogen-bond donors (Lipinski definition) is 1. The minimum atomic E-state index is -0.158. The molecule has 0 radical (unpaired) electrons. The summed E-state index contributed by atoms with van der Waals surface area (Å²) >= 11 is 0. The topological polar surface area (TPSA) is 22.3 Å². The molecule has 2 heterocycles. The van der Waals surface area contributed by atoms with Crippen molar-refractivity contribution in [2.45, 2.75) is 38.5 Å². The number of aromatic amines is 1. The van der Waals surface area contributed by atoms with Gasteiger partial charge in [-0.2, -0.15) is 0 Å². The number of benzene rings is 1. The van der Waals surface area contributed by atoms with Crippen molar-refractivity contribution in [1.29, 1.82) is 0 Å². The van der Waals surface area contributed by atoms with Crippen molar-refractivity contribution in [3.05, 3.63) is 53.1 Å². The summed E-state index contributed by atoms with van der Waals surface area (Å²) in [5.74, 6) is -0.158. The molecule has 1 aliphatic heterocycles. The molecule has 1 fully saturated rings. The van der Waals surface area contributed by atoms with E-state index in [1.807, 2.05) is 12.1 Å². The summed E-state index contributed by atoms with van der Waals surface area (Å²) in [5.41, 5.74) is 5.81. The van der Waals surface area contributed by atoms with Crippen LogP contribution in [-0.4, -0.2) is 42.6 Å². The lowest BCUT2D eigenvalue weighted by atomic mass is 9.93. The Morgan fingerprint density at radius 1 is 0.960 bits per heavy atom. The normalized spacial score (nSPS) is 18.4. The molecule has 2 aliphatic rings. The van der Waals surface area contributed by atoms with E-state index in [0.717, 1.165) is 31.9 Å². The zero-order valence-electron chi connectivity index (χ0n) is 14.9. The number of aromatic nitrogens is 1. The smallest absolute Gasteiger partial charge is 0.123 e. The maximum absolute atomic E-state index is 13.0. The minimum absolute atomic E-state index is 0.158. The van der Waals surface area contributed by atoms with Crippen molar-refractivity contribution < 1.29 is 4.39 Å². The highest BCUT2D eigenvalue weighted by Crippen LogP contribution is 2.25. The van der Waals surface area contributed by atoms with Crippen LogP contribution in [0.15, 0.2) is 30.5 Å². The van der Waals surface area contributed by atoms with Gasteiger partial charge in [-0.1, -0.05) is 0 Å². The van der Waals surface area contributed by atoms with Crippen LogP contribution in [0, 0.1) is 5.82 Å². The lowest BCUT2D eigenvalue weighted by Gasteiger charge is -2.36. The molecule has 0 saturated carbocycles. The van der Waals surface area contributed by atoms with Crippen LogP contribution in [0.1, 0.15) is 36.1 Å². The van der Waals surface area contributed by atoms with Gasteiger partial charge >= 0.3 is 0 Å². The second-order valence-corrected chi connectivity index (χ2v) is 7.39. The zero-order chi connectivity index (χ0) is 17.1. The number of anilines is 1. The summed E-state index contributed by atoms with van der Waals surface area (Å²) in [6.45, 7) is 5.44. The van der Waals surface area contributed by atoms with Crippen molar-refractivity contribution in [3.8, 4) is 0 Å². The molecule has 1 aromatic heterocycles. The lowest BCUT2D eigenvalue weighted by Crippen LogP contribution is -2.46. The van der Waals surface area contributed by atoms with E-state index >= 15 is 0 Å². The average molecular weight is 341 g/mol. The Labute approximate surface area is 149 Å². The molecule has 134 valence electrons. The van der Waals surface area contributed by atoms with Crippen LogP contribution in [0.5, 0.6) is 0 Å².